The van der Waals surface area contributed by atoms with E-state index < -0.39 is 0 Å². The van der Waals surface area contributed by atoms with Crippen molar-refractivity contribution < 1.29 is 0 Å². The number of rotatable bonds is 2. The molecule has 0 aliphatic carbocycles. The summed E-state index contributed by atoms with van der Waals surface area (Å²) >= 11 is 0. The highest BCUT2D eigenvalue weighted by Gasteiger charge is 2.15. The quantitative estimate of drug-likeness (QED) is 0.708. The molecule has 0 N–H and O–H groups in total. The van der Waals surface area contributed by atoms with Gasteiger partial charge in [-0.25, -0.2) is 9.97 Å². The molecule has 2 aromatic heterocycles. The highest BCUT2D eigenvalue weighted by Crippen LogP contribution is 2.29. The van der Waals surface area contributed by atoms with E-state index in [0.717, 1.165) is 22.5 Å². The van der Waals surface area contributed by atoms with Gasteiger partial charge in [0.15, 0.2) is 5.65 Å². The van der Waals surface area contributed by atoms with Gasteiger partial charge in [0.2, 0.25) is 0 Å². The minimum Gasteiger partial charge on any atom is -0.328 e. The first-order chi connectivity index (χ1) is 9.72. The average Bonchev–Trinajstić information content (AvgIpc) is 2.88. The van der Waals surface area contributed by atoms with Gasteiger partial charge in [0.1, 0.15) is 18.2 Å². The highest BCUT2D eigenvalue weighted by molar-refractivity contribution is 5.89. The van der Waals surface area contributed by atoms with E-state index in [-0.39, 0.29) is 0 Å². The molecule has 6 nitrogen and oxygen atoms in total. The molecule has 0 amide bonds. The Labute approximate surface area is 115 Å². The molecule has 0 spiro atoms. The molecule has 2 heterocycles. The number of anilines is 2. The van der Waals surface area contributed by atoms with Crippen LogP contribution in [0.25, 0.3) is 11.0 Å². The van der Waals surface area contributed by atoms with Gasteiger partial charge in [-0.3, -0.25) is 4.68 Å². The van der Waals surface area contributed by atoms with Gasteiger partial charge in [0.25, 0.3) is 0 Å². The van der Waals surface area contributed by atoms with E-state index in [9.17, 15) is 5.26 Å². The molecule has 0 aliphatic rings. The maximum atomic E-state index is 9.21. The van der Waals surface area contributed by atoms with Crippen LogP contribution in [0.4, 0.5) is 11.5 Å². The lowest BCUT2D eigenvalue weighted by atomic mass is 10.2. The molecule has 0 saturated carbocycles. The van der Waals surface area contributed by atoms with Gasteiger partial charge in [-0.05, 0) is 12.1 Å². The summed E-state index contributed by atoms with van der Waals surface area (Å²) < 4.78 is 1.70. The van der Waals surface area contributed by atoms with Crippen LogP contribution >= 0.6 is 0 Å². The van der Waals surface area contributed by atoms with Crippen molar-refractivity contribution >= 4 is 22.5 Å². The van der Waals surface area contributed by atoms with Crippen LogP contribution < -0.4 is 4.90 Å². The summed E-state index contributed by atoms with van der Waals surface area (Å²) in [6, 6.07) is 9.61. The van der Waals surface area contributed by atoms with Gasteiger partial charge in [-0.15, -0.1) is 0 Å². The monoisotopic (exact) mass is 264 g/mol. The third kappa shape index (κ3) is 1.77. The standard InChI is InChI=1S/C14H12N6/c1-19(12-6-4-3-5-10(12)7-15)13-11-8-18-20(2)14(11)17-9-16-13/h3-6,8-9H,1-2H3. The second kappa shape index (κ2) is 4.63. The minimum absolute atomic E-state index is 0.602. The molecular weight excluding hydrogens is 252 g/mol. The third-order valence-electron chi connectivity index (χ3n) is 3.21. The van der Waals surface area contributed by atoms with Crippen LogP contribution in [0.5, 0.6) is 0 Å². The normalized spacial score (nSPS) is 10.4. The summed E-state index contributed by atoms with van der Waals surface area (Å²) in [6.07, 6.45) is 3.24. The Hall–Kier alpha value is -2.94. The van der Waals surface area contributed by atoms with E-state index in [1.807, 2.05) is 37.2 Å². The molecular formula is C14H12N6. The highest BCUT2D eigenvalue weighted by atomic mass is 15.3. The second-order valence-corrected chi connectivity index (χ2v) is 4.39. The molecule has 3 aromatic rings. The molecule has 0 fully saturated rings. The van der Waals surface area contributed by atoms with Crippen LogP contribution in [0, 0.1) is 11.3 Å². The Morgan fingerprint density at radius 2 is 2.05 bits per heavy atom. The first-order valence-corrected chi connectivity index (χ1v) is 6.08. The van der Waals surface area contributed by atoms with Crippen molar-refractivity contribution in [1.82, 2.24) is 19.7 Å². The smallest absolute Gasteiger partial charge is 0.163 e. The lowest BCUT2D eigenvalue weighted by molar-refractivity contribution is 0.785. The van der Waals surface area contributed by atoms with Crippen LogP contribution in [0.15, 0.2) is 36.8 Å². The number of fused-ring (bicyclic) bond motifs is 1. The van der Waals surface area contributed by atoms with Crippen LogP contribution in [-0.4, -0.2) is 26.8 Å². The van der Waals surface area contributed by atoms with Crippen LogP contribution in [0.3, 0.4) is 0 Å². The molecule has 1 aromatic carbocycles. The molecule has 0 unspecified atom stereocenters. The zero-order valence-corrected chi connectivity index (χ0v) is 11.1. The number of benzene rings is 1. The fourth-order valence-corrected chi connectivity index (χ4v) is 2.19. The largest absolute Gasteiger partial charge is 0.328 e. The number of aromatic nitrogens is 4. The van der Waals surface area contributed by atoms with Gasteiger partial charge < -0.3 is 4.90 Å². The third-order valence-corrected chi connectivity index (χ3v) is 3.21. The van der Waals surface area contributed by atoms with Gasteiger partial charge in [0.05, 0.1) is 22.8 Å². The van der Waals surface area contributed by atoms with E-state index in [2.05, 4.69) is 21.1 Å². The molecule has 0 saturated heterocycles. The second-order valence-electron chi connectivity index (χ2n) is 4.39. The Morgan fingerprint density at radius 1 is 1.25 bits per heavy atom. The Kier molecular flexibility index (Phi) is 2.80. The summed E-state index contributed by atoms with van der Waals surface area (Å²) in [5.41, 5.74) is 2.17. The Balaban J connectivity index is 2.18. The SMILES string of the molecule is CN(c1ccccc1C#N)c1ncnc2c1cnn2C. The Morgan fingerprint density at radius 3 is 2.85 bits per heavy atom. The zero-order chi connectivity index (χ0) is 14.1. The van der Waals surface area contributed by atoms with Crippen molar-refractivity contribution in [3.63, 3.8) is 0 Å². The molecule has 98 valence electrons. The van der Waals surface area contributed by atoms with E-state index in [4.69, 9.17) is 0 Å². The maximum Gasteiger partial charge on any atom is 0.163 e. The number of hydrogen-bond acceptors (Lipinski definition) is 5. The van der Waals surface area contributed by atoms with Crippen LogP contribution in [-0.2, 0) is 7.05 Å². The molecule has 6 heteroatoms. The average molecular weight is 264 g/mol. The van der Waals surface area contributed by atoms with Crippen molar-refractivity contribution in [3.8, 4) is 6.07 Å². The van der Waals surface area contributed by atoms with Gasteiger partial charge in [-0.2, -0.15) is 10.4 Å². The number of para-hydroxylation sites is 1. The summed E-state index contributed by atoms with van der Waals surface area (Å²) in [7, 11) is 3.72. The molecule has 0 bridgehead atoms. The summed E-state index contributed by atoms with van der Waals surface area (Å²) in [5, 5.41) is 14.3. The van der Waals surface area contributed by atoms with Crippen molar-refractivity contribution in [2.24, 2.45) is 7.05 Å². The lowest BCUT2D eigenvalue weighted by Crippen LogP contribution is -2.13. The van der Waals surface area contributed by atoms with Gasteiger partial charge in [-0.1, -0.05) is 12.1 Å². The molecule has 0 aliphatic heterocycles. The molecule has 3 rings (SSSR count). The first kappa shape index (κ1) is 12.1. The predicted octanol–water partition coefficient (Wildman–Crippen LogP) is 2.00. The van der Waals surface area contributed by atoms with Crippen molar-refractivity contribution in [2.75, 3.05) is 11.9 Å². The fourth-order valence-electron chi connectivity index (χ4n) is 2.19. The van der Waals surface area contributed by atoms with Crippen molar-refractivity contribution in [3.05, 3.63) is 42.4 Å². The predicted molar refractivity (Wildman–Crippen MR) is 75.5 cm³/mol. The van der Waals surface area contributed by atoms with Gasteiger partial charge in [0, 0.05) is 14.1 Å². The number of aryl methyl sites for hydroxylation is 1. The number of hydrogen-bond donors (Lipinski definition) is 0. The summed E-state index contributed by atoms with van der Waals surface area (Å²) in [4.78, 5) is 10.4. The summed E-state index contributed by atoms with van der Waals surface area (Å²) in [5.74, 6) is 0.728. The van der Waals surface area contributed by atoms with E-state index >= 15 is 0 Å². The van der Waals surface area contributed by atoms with E-state index in [0.29, 0.717) is 5.56 Å². The number of nitriles is 1. The Bertz CT molecular complexity index is 814. The van der Waals surface area contributed by atoms with Gasteiger partial charge >= 0.3 is 0 Å². The first-order valence-electron chi connectivity index (χ1n) is 6.08. The summed E-state index contributed by atoms with van der Waals surface area (Å²) in [6.45, 7) is 0. The zero-order valence-electron chi connectivity index (χ0n) is 11.1. The van der Waals surface area contributed by atoms with Crippen molar-refractivity contribution in [1.29, 1.82) is 5.26 Å². The number of nitrogens with zero attached hydrogens (tertiary/aromatic N) is 6. The maximum absolute atomic E-state index is 9.21. The van der Waals surface area contributed by atoms with E-state index in [1.165, 1.54) is 6.33 Å². The van der Waals surface area contributed by atoms with Crippen LogP contribution in [0.2, 0.25) is 0 Å². The van der Waals surface area contributed by atoms with E-state index in [1.54, 1.807) is 16.9 Å². The van der Waals surface area contributed by atoms with Crippen LogP contribution in [0.1, 0.15) is 5.56 Å². The van der Waals surface area contributed by atoms with Crippen molar-refractivity contribution in [2.45, 2.75) is 0 Å². The lowest BCUT2D eigenvalue weighted by Gasteiger charge is -2.19. The minimum atomic E-state index is 0.602. The molecule has 0 radical (unpaired) electrons. The molecule has 20 heavy (non-hydrogen) atoms. The fraction of sp³-hybridized carbons (Fsp3) is 0.143. The topological polar surface area (TPSA) is 70.6 Å². The molecule has 0 atom stereocenters.